The fourth-order valence-corrected chi connectivity index (χ4v) is 3.01. The fourth-order valence-electron chi connectivity index (χ4n) is 3.01. The topological polar surface area (TPSA) is 35.2 Å². The molecule has 0 aromatic carbocycles. The standard InChI is InChI=1S/C15H31NO/c1-3-4-7-14-8-11-15(16,12-9-14)10-5-6-13-17-2/h14H,3-13,16H2,1-2H3. The van der Waals surface area contributed by atoms with E-state index in [0.717, 1.165) is 18.9 Å². The molecule has 0 saturated heterocycles. The average molecular weight is 241 g/mol. The summed E-state index contributed by atoms with van der Waals surface area (Å²) < 4.78 is 5.08. The molecule has 0 heterocycles. The Kier molecular flexibility index (Phi) is 7.14. The van der Waals surface area contributed by atoms with E-state index in [1.807, 2.05) is 0 Å². The molecule has 2 heteroatoms. The van der Waals surface area contributed by atoms with E-state index >= 15 is 0 Å². The van der Waals surface area contributed by atoms with Gasteiger partial charge < -0.3 is 10.5 Å². The first-order chi connectivity index (χ1) is 8.20. The lowest BCUT2D eigenvalue weighted by molar-refractivity contribution is 0.176. The third kappa shape index (κ3) is 5.87. The van der Waals surface area contributed by atoms with Crippen LogP contribution in [-0.4, -0.2) is 19.3 Å². The summed E-state index contributed by atoms with van der Waals surface area (Å²) in [6, 6.07) is 0. The van der Waals surface area contributed by atoms with Crippen LogP contribution < -0.4 is 5.73 Å². The average Bonchev–Trinajstić information content (AvgIpc) is 2.34. The molecule has 0 aliphatic heterocycles. The number of nitrogens with two attached hydrogens (primary N) is 1. The number of methoxy groups -OCH3 is 1. The first-order valence-electron chi connectivity index (χ1n) is 7.48. The Balaban J connectivity index is 2.14. The third-order valence-electron chi connectivity index (χ3n) is 4.34. The molecule has 102 valence electrons. The van der Waals surface area contributed by atoms with E-state index in [2.05, 4.69) is 6.92 Å². The van der Waals surface area contributed by atoms with Crippen LogP contribution in [0.2, 0.25) is 0 Å². The highest BCUT2D eigenvalue weighted by molar-refractivity contribution is 4.89. The molecule has 0 amide bonds. The summed E-state index contributed by atoms with van der Waals surface area (Å²) in [4.78, 5) is 0. The number of ether oxygens (including phenoxy) is 1. The molecule has 0 aromatic heterocycles. The highest BCUT2D eigenvalue weighted by Gasteiger charge is 2.30. The van der Waals surface area contributed by atoms with E-state index in [4.69, 9.17) is 10.5 Å². The van der Waals surface area contributed by atoms with Gasteiger partial charge in [-0.05, 0) is 50.9 Å². The van der Waals surface area contributed by atoms with Crippen LogP contribution >= 0.6 is 0 Å². The molecule has 0 spiro atoms. The van der Waals surface area contributed by atoms with Gasteiger partial charge >= 0.3 is 0 Å². The maximum atomic E-state index is 6.49. The molecule has 1 aliphatic rings. The number of rotatable bonds is 8. The van der Waals surface area contributed by atoms with Gasteiger partial charge in [0.1, 0.15) is 0 Å². The van der Waals surface area contributed by atoms with Crippen LogP contribution in [0.1, 0.15) is 71.1 Å². The van der Waals surface area contributed by atoms with Gasteiger partial charge in [-0.2, -0.15) is 0 Å². The van der Waals surface area contributed by atoms with Gasteiger partial charge in [-0.25, -0.2) is 0 Å². The summed E-state index contributed by atoms with van der Waals surface area (Å²) in [6.45, 7) is 3.17. The molecule has 1 fully saturated rings. The zero-order chi connectivity index (χ0) is 12.6. The Morgan fingerprint density at radius 1 is 1.18 bits per heavy atom. The molecule has 1 rings (SSSR count). The van der Waals surface area contributed by atoms with Gasteiger partial charge in [-0.3, -0.25) is 0 Å². The third-order valence-corrected chi connectivity index (χ3v) is 4.34. The van der Waals surface area contributed by atoms with Gasteiger partial charge in [0, 0.05) is 19.3 Å². The zero-order valence-electron chi connectivity index (χ0n) is 11.8. The van der Waals surface area contributed by atoms with E-state index in [1.54, 1.807) is 7.11 Å². The van der Waals surface area contributed by atoms with Crippen LogP contribution in [0.4, 0.5) is 0 Å². The first kappa shape index (κ1) is 15.0. The second kappa shape index (κ2) is 8.10. The summed E-state index contributed by atoms with van der Waals surface area (Å²) in [6.07, 6.45) is 13.0. The van der Waals surface area contributed by atoms with Crippen LogP contribution in [-0.2, 0) is 4.74 Å². The number of hydrogen-bond acceptors (Lipinski definition) is 2. The minimum atomic E-state index is 0.149. The van der Waals surface area contributed by atoms with Crippen molar-refractivity contribution in [2.75, 3.05) is 13.7 Å². The molecule has 0 radical (unpaired) electrons. The number of unbranched alkanes of at least 4 members (excludes halogenated alkanes) is 2. The molecular weight excluding hydrogens is 210 g/mol. The van der Waals surface area contributed by atoms with Crippen LogP contribution in [0.25, 0.3) is 0 Å². The van der Waals surface area contributed by atoms with E-state index in [1.165, 1.54) is 57.8 Å². The minimum absolute atomic E-state index is 0.149. The minimum Gasteiger partial charge on any atom is -0.385 e. The molecular formula is C15H31NO. The van der Waals surface area contributed by atoms with Crippen molar-refractivity contribution in [1.29, 1.82) is 0 Å². The highest BCUT2D eigenvalue weighted by atomic mass is 16.5. The largest absolute Gasteiger partial charge is 0.385 e. The maximum absolute atomic E-state index is 6.49. The molecule has 0 bridgehead atoms. The van der Waals surface area contributed by atoms with Gasteiger partial charge in [0.05, 0.1) is 0 Å². The quantitative estimate of drug-likeness (QED) is 0.654. The van der Waals surface area contributed by atoms with Crippen LogP contribution in [0, 0.1) is 5.92 Å². The molecule has 0 unspecified atom stereocenters. The summed E-state index contributed by atoms with van der Waals surface area (Å²) in [5.74, 6) is 0.964. The van der Waals surface area contributed by atoms with Crippen molar-refractivity contribution < 1.29 is 4.74 Å². The Morgan fingerprint density at radius 2 is 1.88 bits per heavy atom. The molecule has 2 N–H and O–H groups in total. The lowest BCUT2D eigenvalue weighted by Crippen LogP contribution is -2.43. The van der Waals surface area contributed by atoms with Gasteiger partial charge in [0.15, 0.2) is 0 Å². The summed E-state index contributed by atoms with van der Waals surface area (Å²) in [5.41, 5.74) is 6.64. The summed E-state index contributed by atoms with van der Waals surface area (Å²) in [7, 11) is 1.77. The summed E-state index contributed by atoms with van der Waals surface area (Å²) in [5, 5.41) is 0. The Bertz CT molecular complexity index is 185. The van der Waals surface area contributed by atoms with E-state index in [-0.39, 0.29) is 5.54 Å². The highest BCUT2D eigenvalue weighted by Crippen LogP contribution is 2.35. The van der Waals surface area contributed by atoms with Gasteiger partial charge in [0.25, 0.3) is 0 Å². The van der Waals surface area contributed by atoms with E-state index in [0.29, 0.717) is 0 Å². The monoisotopic (exact) mass is 241 g/mol. The van der Waals surface area contributed by atoms with Crippen molar-refractivity contribution in [2.24, 2.45) is 11.7 Å². The van der Waals surface area contributed by atoms with E-state index < -0.39 is 0 Å². The molecule has 0 aromatic rings. The van der Waals surface area contributed by atoms with Gasteiger partial charge in [-0.1, -0.05) is 26.2 Å². The predicted octanol–water partition coefficient (Wildman–Crippen LogP) is 3.88. The molecule has 0 atom stereocenters. The smallest absolute Gasteiger partial charge is 0.0462 e. The van der Waals surface area contributed by atoms with Crippen molar-refractivity contribution in [3.8, 4) is 0 Å². The summed E-state index contributed by atoms with van der Waals surface area (Å²) >= 11 is 0. The maximum Gasteiger partial charge on any atom is 0.0462 e. The molecule has 1 aliphatic carbocycles. The normalized spacial score (nSPS) is 29.5. The Morgan fingerprint density at radius 3 is 2.47 bits per heavy atom. The van der Waals surface area contributed by atoms with Crippen molar-refractivity contribution in [2.45, 2.75) is 76.7 Å². The van der Waals surface area contributed by atoms with Crippen LogP contribution in [0.5, 0.6) is 0 Å². The van der Waals surface area contributed by atoms with Crippen molar-refractivity contribution >= 4 is 0 Å². The lowest BCUT2D eigenvalue weighted by Gasteiger charge is -2.37. The first-order valence-corrected chi connectivity index (χ1v) is 7.48. The van der Waals surface area contributed by atoms with Crippen molar-refractivity contribution in [3.05, 3.63) is 0 Å². The van der Waals surface area contributed by atoms with Crippen LogP contribution in [0.15, 0.2) is 0 Å². The van der Waals surface area contributed by atoms with Gasteiger partial charge in [0.2, 0.25) is 0 Å². The van der Waals surface area contributed by atoms with E-state index in [9.17, 15) is 0 Å². The Hall–Kier alpha value is -0.0800. The number of hydrogen-bond donors (Lipinski definition) is 1. The molecule has 1 saturated carbocycles. The van der Waals surface area contributed by atoms with Gasteiger partial charge in [-0.15, -0.1) is 0 Å². The molecule has 17 heavy (non-hydrogen) atoms. The van der Waals surface area contributed by atoms with Crippen molar-refractivity contribution in [3.63, 3.8) is 0 Å². The van der Waals surface area contributed by atoms with Crippen LogP contribution in [0.3, 0.4) is 0 Å². The Labute approximate surface area is 107 Å². The molecule has 2 nitrogen and oxygen atoms in total. The predicted molar refractivity (Wildman–Crippen MR) is 74.1 cm³/mol. The second-order valence-electron chi connectivity index (χ2n) is 5.90. The lowest BCUT2D eigenvalue weighted by atomic mass is 9.73. The SMILES string of the molecule is CCCCC1CCC(N)(CCCCOC)CC1. The second-order valence-corrected chi connectivity index (χ2v) is 5.90. The zero-order valence-corrected chi connectivity index (χ0v) is 11.8. The van der Waals surface area contributed by atoms with Crippen molar-refractivity contribution in [1.82, 2.24) is 0 Å². The fraction of sp³-hybridized carbons (Fsp3) is 1.00.